The van der Waals surface area contributed by atoms with E-state index in [1.165, 1.54) is 4.88 Å². The van der Waals surface area contributed by atoms with Crippen molar-refractivity contribution in [3.63, 3.8) is 0 Å². The van der Waals surface area contributed by atoms with E-state index in [1.807, 2.05) is 24.4 Å². The predicted molar refractivity (Wildman–Crippen MR) is 68.1 cm³/mol. The van der Waals surface area contributed by atoms with Crippen LogP contribution >= 0.6 is 11.3 Å². The molecule has 94 valence electrons. The number of hydrogen-bond acceptors (Lipinski definition) is 4. The molecule has 1 aliphatic heterocycles. The summed E-state index contributed by atoms with van der Waals surface area (Å²) in [4.78, 5) is 13.2. The SMILES string of the molecule is COC1CNC(C(=O)N[C@@H](C)c2cccs2)C1. The molecular weight excluding hydrogens is 236 g/mol. The summed E-state index contributed by atoms with van der Waals surface area (Å²) in [5.74, 6) is 0.0606. The van der Waals surface area contributed by atoms with Crippen LogP contribution in [0.3, 0.4) is 0 Å². The molecule has 0 radical (unpaired) electrons. The monoisotopic (exact) mass is 254 g/mol. The Morgan fingerprint density at radius 2 is 2.53 bits per heavy atom. The largest absolute Gasteiger partial charge is 0.380 e. The molecule has 2 N–H and O–H groups in total. The maximum atomic E-state index is 12.0. The first-order valence-electron chi connectivity index (χ1n) is 5.80. The fourth-order valence-corrected chi connectivity index (χ4v) is 2.74. The normalized spacial score (nSPS) is 25.8. The lowest BCUT2D eigenvalue weighted by Crippen LogP contribution is -2.41. The lowest BCUT2D eigenvalue weighted by Gasteiger charge is -2.16. The molecule has 2 heterocycles. The van der Waals surface area contributed by atoms with Gasteiger partial charge >= 0.3 is 0 Å². The molecule has 1 aromatic heterocycles. The molecule has 4 nitrogen and oxygen atoms in total. The van der Waals surface area contributed by atoms with E-state index in [0.29, 0.717) is 0 Å². The van der Waals surface area contributed by atoms with E-state index in [-0.39, 0.29) is 24.1 Å². The number of hydrogen-bond donors (Lipinski definition) is 2. The number of carbonyl (C=O) groups is 1. The Hall–Kier alpha value is -0.910. The minimum Gasteiger partial charge on any atom is -0.380 e. The standard InChI is InChI=1S/C12H18N2O2S/c1-8(11-4-3-5-17-11)14-12(15)10-6-9(16-2)7-13-10/h3-5,8-10,13H,6-7H2,1-2H3,(H,14,15)/t8-,9?,10?/m0/s1. The third kappa shape index (κ3) is 3.06. The summed E-state index contributed by atoms with van der Waals surface area (Å²) in [5, 5.41) is 8.22. The second-order valence-electron chi connectivity index (χ2n) is 4.30. The highest BCUT2D eigenvalue weighted by molar-refractivity contribution is 7.10. The van der Waals surface area contributed by atoms with Crippen LogP contribution in [0.2, 0.25) is 0 Å². The molecule has 2 unspecified atom stereocenters. The van der Waals surface area contributed by atoms with Crippen LogP contribution in [-0.2, 0) is 9.53 Å². The van der Waals surface area contributed by atoms with Gasteiger partial charge in [-0.1, -0.05) is 6.07 Å². The minimum atomic E-state index is -0.123. The summed E-state index contributed by atoms with van der Waals surface area (Å²) in [7, 11) is 1.68. The first kappa shape index (κ1) is 12.5. The molecule has 0 saturated carbocycles. The maximum absolute atomic E-state index is 12.0. The van der Waals surface area contributed by atoms with Gasteiger partial charge < -0.3 is 15.4 Å². The van der Waals surface area contributed by atoms with Crippen molar-refractivity contribution in [1.29, 1.82) is 0 Å². The highest BCUT2D eigenvalue weighted by Gasteiger charge is 2.29. The smallest absolute Gasteiger partial charge is 0.237 e. The Balaban J connectivity index is 1.85. The minimum absolute atomic E-state index is 0.0606. The molecule has 1 aromatic rings. The molecule has 0 aromatic carbocycles. The van der Waals surface area contributed by atoms with E-state index >= 15 is 0 Å². The Labute approximate surface area is 105 Å². The zero-order valence-corrected chi connectivity index (χ0v) is 10.9. The summed E-state index contributed by atoms with van der Waals surface area (Å²) >= 11 is 1.66. The number of nitrogens with one attached hydrogen (secondary N) is 2. The summed E-state index contributed by atoms with van der Waals surface area (Å²) in [6.07, 6.45) is 0.905. The molecule has 1 aliphatic rings. The molecule has 1 amide bonds. The number of amides is 1. The molecule has 2 rings (SSSR count). The van der Waals surface area contributed by atoms with Crippen molar-refractivity contribution in [2.75, 3.05) is 13.7 Å². The molecule has 0 bridgehead atoms. The van der Waals surface area contributed by atoms with Gasteiger partial charge in [-0.25, -0.2) is 0 Å². The van der Waals surface area contributed by atoms with Gasteiger partial charge in [0.25, 0.3) is 0 Å². The molecular formula is C12H18N2O2S. The van der Waals surface area contributed by atoms with E-state index in [9.17, 15) is 4.79 Å². The van der Waals surface area contributed by atoms with Crippen molar-refractivity contribution in [2.24, 2.45) is 0 Å². The van der Waals surface area contributed by atoms with E-state index in [2.05, 4.69) is 10.6 Å². The highest BCUT2D eigenvalue weighted by atomic mass is 32.1. The van der Waals surface area contributed by atoms with Crippen LogP contribution in [0.25, 0.3) is 0 Å². The highest BCUT2D eigenvalue weighted by Crippen LogP contribution is 2.19. The summed E-state index contributed by atoms with van der Waals surface area (Å²) < 4.78 is 5.23. The first-order valence-corrected chi connectivity index (χ1v) is 6.68. The lowest BCUT2D eigenvalue weighted by atomic mass is 10.1. The number of methoxy groups -OCH3 is 1. The Morgan fingerprint density at radius 3 is 3.12 bits per heavy atom. The average molecular weight is 254 g/mol. The van der Waals surface area contributed by atoms with Crippen molar-refractivity contribution in [3.8, 4) is 0 Å². The van der Waals surface area contributed by atoms with Crippen LogP contribution in [-0.4, -0.2) is 31.7 Å². The predicted octanol–water partition coefficient (Wildman–Crippen LogP) is 1.30. The van der Waals surface area contributed by atoms with E-state index < -0.39 is 0 Å². The summed E-state index contributed by atoms with van der Waals surface area (Å²) in [6, 6.07) is 3.99. The number of ether oxygens (including phenoxy) is 1. The fraction of sp³-hybridized carbons (Fsp3) is 0.583. The zero-order valence-electron chi connectivity index (χ0n) is 10.1. The van der Waals surface area contributed by atoms with Crippen LogP contribution in [0.1, 0.15) is 24.3 Å². The van der Waals surface area contributed by atoms with Gasteiger partial charge in [-0.15, -0.1) is 11.3 Å². The second-order valence-corrected chi connectivity index (χ2v) is 5.28. The topological polar surface area (TPSA) is 50.4 Å². The molecule has 3 atom stereocenters. The number of rotatable bonds is 4. The van der Waals surface area contributed by atoms with Crippen LogP contribution in [0.4, 0.5) is 0 Å². The van der Waals surface area contributed by atoms with Crippen molar-refractivity contribution < 1.29 is 9.53 Å². The third-order valence-electron chi connectivity index (χ3n) is 3.07. The van der Waals surface area contributed by atoms with Gasteiger partial charge in [-0.3, -0.25) is 4.79 Å². The molecule has 1 fully saturated rings. The van der Waals surface area contributed by atoms with Crippen molar-refractivity contribution in [2.45, 2.75) is 31.5 Å². The quantitative estimate of drug-likeness (QED) is 0.851. The molecule has 0 spiro atoms. The van der Waals surface area contributed by atoms with Gasteiger partial charge in [0.2, 0.25) is 5.91 Å². The Bertz CT molecular complexity index is 367. The van der Waals surface area contributed by atoms with Crippen molar-refractivity contribution >= 4 is 17.2 Å². The zero-order chi connectivity index (χ0) is 12.3. The number of carbonyl (C=O) groups excluding carboxylic acids is 1. The molecule has 1 saturated heterocycles. The fourth-order valence-electron chi connectivity index (χ4n) is 2.01. The van der Waals surface area contributed by atoms with Gasteiger partial charge in [0.15, 0.2) is 0 Å². The molecule has 0 aliphatic carbocycles. The van der Waals surface area contributed by atoms with Crippen LogP contribution < -0.4 is 10.6 Å². The molecule has 17 heavy (non-hydrogen) atoms. The van der Waals surface area contributed by atoms with Crippen LogP contribution in [0, 0.1) is 0 Å². The van der Waals surface area contributed by atoms with E-state index in [0.717, 1.165) is 13.0 Å². The third-order valence-corrected chi connectivity index (χ3v) is 4.12. The lowest BCUT2D eigenvalue weighted by molar-refractivity contribution is -0.123. The number of thiophene rings is 1. The van der Waals surface area contributed by atoms with Crippen molar-refractivity contribution in [1.82, 2.24) is 10.6 Å². The van der Waals surface area contributed by atoms with Gasteiger partial charge in [0.1, 0.15) is 0 Å². The Kier molecular flexibility index (Phi) is 4.15. The van der Waals surface area contributed by atoms with Gasteiger partial charge in [0, 0.05) is 18.5 Å². The van der Waals surface area contributed by atoms with Crippen LogP contribution in [0.5, 0.6) is 0 Å². The van der Waals surface area contributed by atoms with Gasteiger partial charge in [-0.05, 0) is 24.8 Å². The van der Waals surface area contributed by atoms with Crippen molar-refractivity contribution in [3.05, 3.63) is 22.4 Å². The van der Waals surface area contributed by atoms with E-state index in [1.54, 1.807) is 18.4 Å². The van der Waals surface area contributed by atoms with Crippen LogP contribution in [0.15, 0.2) is 17.5 Å². The first-order chi connectivity index (χ1) is 8.20. The maximum Gasteiger partial charge on any atom is 0.237 e. The summed E-state index contributed by atoms with van der Waals surface area (Å²) in [5.41, 5.74) is 0. The average Bonchev–Trinajstić information content (AvgIpc) is 3.00. The van der Waals surface area contributed by atoms with E-state index in [4.69, 9.17) is 4.74 Å². The second kappa shape index (κ2) is 5.62. The van der Waals surface area contributed by atoms with Gasteiger partial charge in [0.05, 0.1) is 18.2 Å². The van der Waals surface area contributed by atoms with Gasteiger partial charge in [-0.2, -0.15) is 0 Å². The Morgan fingerprint density at radius 1 is 1.71 bits per heavy atom. The molecule has 5 heteroatoms. The summed E-state index contributed by atoms with van der Waals surface area (Å²) in [6.45, 7) is 2.76.